The van der Waals surface area contributed by atoms with Crippen LogP contribution in [-0.4, -0.2) is 14.3 Å². The van der Waals surface area contributed by atoms with Gasteiger partial charge in [0.15, 0.2) is 0 Å². The van der Waals surface area contributed by atoms with Crippen molar-refractivity contribution in [3.05, 3.63) is 59.2 Å². The number of carbonyl (C=O) groups excluding carboxylic acids is 1. The molecule has 0 spiro atoms. The van der Waals surface area contributed by atoms with Crippen LogP contribution in [0, 0.1) is 6.92 Å². The summed E-state index contributed by atoms with van der Waals surface area (Å²) >= 11 is 0. The molecular formula is C15H13F3N2O3S. The first kappa shape index (κ1) is 17.8. The van der Waals surface area contributed by atoms with E-state index in [9.17, 15) is 26.4 Å². The molecule has 0 aliphatic carbocycles. The molecule has 24 heavy (non-hydrogen) atoms. The van der Waals surface area contributed by atoms with Crippen molar-refractivity contribution in [3.8, 4) is 0 Å². The fourth-order valence-corrected chi connectivity index (χ4v) is 3.22. The lowest BCUT2D eigenvalue weighted by molar-refractivity contribution is -0.137. The van der Waals surface area contributed by atoms with Gasteiger partial charge in [-0.25, -0.2) is 8.42 Å². The summed E-state index contributed by atoms with van der Waals surface area (Å²) in [6.07, 6.45) is -4.66. The van der Waals surface area contributed by atoms with Gasteiger partial charge in [-0.2, -0.15) is 13.2 Å². The normalized spacial score (nSPS) is 12.0. The van der Waals surface area contributed by atoms with Crippen molar-refractivity contribution in [2.45, 2.75) is 18.0 Å². The minimum Gasteiger partial charge on any atom is -0.366 e. The Morgan fingerprint density at radius 2 is 1.75 bits per heavy atom. The first-order valence-electron chi connectivity index (χ1n) is 6.62. The molecule has 0 aliphatic rings. The van der Waals surface area contributed by atoms with Gasteiger partial charge in [0, 0.05) is 5.56 Å². The van der Waals surface area contributed by atoms with Gasteiger partial charge in [0.05, 0.1) is 16.1 Å². The van der Waals surface area contributed by atoms with Gasteiger partial charge < -0.3 is 5.73 Å². The SMILES string of the molecule is Cc1c(NS(=O)(=O)c2cccc(C(F)(F)F)c2)cccc1C(N)=O. The van der Waals surface area contributed by atoms with E-state index in [1.807, 2.05) is 0 Å². The maximum absolute atomic E-state index is 12.7. The standard InChI is InChI=1S/C15H13F3N2O3S/c1-9-12(14(19)21)6-3-7-13(9)20-24(22,23)11-5-2-4-10(8-11)15(16,17)18/h2-8,20H,1H3,(H2,19,21). The van der Waals surface area contributed by atoms with Crippen molar-refractivity contribution in [1.82, 2.24) is 0 Å². The number of hydrogen-bond acceptors (Lipinski definition) is 3. The van der Waals surface area contributed by atoms with Gasteiger partial charge in [-0.05, 0) is 42.8 Å². The highest BCUT2D eigenvalue weighted by Crippen LogP contribution is 2.31. The van der Waals surface area contributed by atoms with Gasteiger partial charge >= 0.3 is 6.18 Å². The molecule has 0 saturated carbocycles. The highest BCUT2D eigenvalue weighted by atomic mass is 32.2. The van der Waals surface area contributed by atoms with Gasteiger partial charge in [0.25, 0.3) is 10.0 Å². The lowest BCUT2D eigenvalue weighted by Gasteiger charge is -2.13. The molecule has 9 heteroatoms. The maximum atomic E-state index is 12.7. The molecule has 0 aromatic heterocycles. The van der Waals surface area contributed by atoms with Crippen molar-refractivity contribution < 1.29 is 26.4 Å². The number of nitrogens with one attached hydrogen (secondary N) is 1. The number of anilines is 1. The molecule has 0 heterocycles. The first-order valence-corrected chi connectivity index (χ1v) is 8.10. The number of nitrogens with two attached hydrogens (primary N) is 1. The number of sulfonamides is 1. The molecule has 0 aliphatic heterocycles. The largest absolute Gasteiger partial charge is 0.416 e. The van der Waals surface area contributed by atoms with Crippen LogP contribution >= 0.6 is 0 Å². The summed E-state index contributed by atoms with van der Waals surface area (Å²) in [4.78, 5) is 10.7. The van der Waals surface area contributed by atoms with Crippen molar-refractivity contribution in [2.75, 3.05) is 4.72 Å². The molecule has 128 valence electrons. The number of benzene rings is 2. The molecule has 0 radical (unpaired) electrons. The summed E-state index contributed by atoms with van der Waals surface area (Å²) in [7, 11) is -4.26. The minimum atomic E-state index is -4.66. The molecule has 5 nitrogen and oxygen atoms in total. The van der Waals surface area contributed by atoms with E-state index >= 15 is 0 Å². The van der Waals surface area contributed by atoms with E-state index in [1.54, 1.807) is 0 Å². The molecule has 2 aromatic carbocycles. The van der Waals surface area contributed by atoms with Crippen LogP contribution in [0.3, 0.4) is 0 Å². The van der Waals surface area contributed by atoms with Crippen LogP contribution in [0.25, 0.3) is 0 Å². The Balaban J connectivity index is 2.43. The van der Waals surface area contributed by atoms with E-state index < -0.39 is 32.6 Å². The summed E-state index contributed by atoms with van der Waals surface area (Å²) < 4.78 is 65.0. The molecular weight excluding hydrogens is 345 g/mol. The topological polar surface area (TPSA) is 89.3 Å². The zero-order valence-corrected chi connectivity index (χ0v) is 13.2. The molecule has 0 unspecified atom stereocenters. The molecule has 3 N–H and O–H groups in total. The number of amides is 1. The molecule has 0 saturated heterocycles. The van der Waals surface area contributed by atoms with E-state index in [0.29, 0.717) is 6.07 Å². The zero-order valence-electron chi connectivity index (χ0n) is 12.4. The van der Waals surface area contributed by atoms with Crippen molar-refractivity contribution in [1.29, 1.82) is 0 Å². The highest BCUT2D eigenvalue weighted by molar-refractivity contribution is 7.92. The summed E-state index contributed by atoms with van der Waals surface area (Å²) in [5, 5.41) is 0. The van der Waals surface area contributed by atoms with Crippen LogP contribution in [0.5, 0.6) is 0 Å². The van der Waals surface area contributed by atoms with E-state index in [4.69, 9.17) is 5.73 Å². The third-order valence-corrected chi connectivity index (χ3v) is 4.68. The Labute approximate surface area is 136 Å². The number of hydrogen-bond donors (Lipinski definition) is 2. The fraction of sp³-hybridized carbons (Fsp3) is 0.133. The van der Waals surface area contributed by atoms with Gasteiger partial charge in [0.2, 0.25) is 5.91 Å². The Hall–Kier alpha value is -2.55. The number of alkyl halides is 3. The van der Waals surface area contributed by atoms with Gasteiger partial charge in [-0.1, -0.05) is 12.1 Å². The fourth-order valence-electron chi connectivity index (χ4n) is 2.06. The molecule has 0 bridgehead atoms. The molecule has 2 aromatic rings. The predicted octanol–water partition coefficient (Wildman–Crippen LogP) is 2.91. The van der Waals surface area contributed by atoms with Crippen LogP contribution in [0.15, 0.2) is 47.4 Å². The van der Waals surface area contributed by atoms with E-state index in [0.717, 1.165) is 18.2 Å². The number of carbonyl (C=O) groups is 1. The van der Waals surface area contributed by atoms with E-state index in [2.05, 4.69) is 4.72 Å². The van der Waals surface area contributed by atoms with Crippen molar-refractivity contribution in [3.63, 3.8) is 0 Å². The molecule has 2 rings (SSSR count). The second-order valence-electron chi connectivity index (χ2n) is 4.97. The highest BCUT2D eigenvalue weighted by Gasteiger charge is 2.31. The number of primary amides is 1. The molecule has 0 atom stereocenters. The second-order valence-corrected chi connectivity index (χ2v) is 6.66. The van der Waals surface area contributed by atoms with E-state index in [-0.39, 0.29) is 16.8 Å². The zero-order chi connectivity index (χ0) is 18.1. The Morgan fingerprint density at radius 3 is 2.33 bits per heavy atom. The predicted molar refractivity (Wildman–Crippen MR) is 81.9 cm³/mol. The number of halogens is 3. The summed E-state index contributed by atoms with van der Waals surface area (Å²) in [6.45, 7) is 1.48. The smallest absolute Gasteiger partial charge is 0.366 e. The summed E-state index contributed by atoms with van der Waals surface area (Å²) in [6, 6.07) is 7.58. The first-order chi connectivity index (χ1) is 11.0. The number of rotatable bonds is 4. The molecule has 0 fully saturated rings. The Bertz CT molecular complexity index is 893. The van der Waals surface area contributed by atoms with Crippen LogP contribution < -0.4 is 10.5 Å². The Morgan fingerprint density at radius 1 is 1.12 bits per heavy atom. The maximum Gasteiger partial charge on any atom is 0.416 e. The minimum absolute atomic E-state index is 0.0590. The summed E-state index contributed by atoms with van der Waals surface area (Å²) in [5.74, 6) is -0.743. The van der Waals surface area contributed by atoms with E-state index in [1.165, 1.54) is 25.1 Å². The Kier molecular flexibility index (Phi) is 4.57. The second kappa shape index (κ2) is 6.16. The van der Waals surface area contributed by atoms with Crippen molar-refractivity contribution >= 4 is 21.6 Å². The van der Waals surface area contributed by atoms with Crippen molar-refractivity contribution in [2.24, 2.45) is 5.73 Å². The van der Waals surface area contributed by atoms with Gasteiger partial charge in [-0.3, -0.25) is 9.52 Å². The van der Waals surface area contributed by atoms with Crippen LogP contribution in [0.1, 0.15) is 21.5 Å². The van der Waals surface area contributed by atoms with Gasteiger partial charge in [-0.15, -0.1) is 0 Å². The van der Waals surface area contributed by atoms with Crippen LogP contribution in [0.4, 0.5) is 18.9 Å². The quantitative estimate of drug-likeness (QED) is 0.881. The average molecular weight is 358 g/mol. The lowest BCUT2D eigenvalue weighted by Crippen LogP contribution is -2.17. The molecule has 1 amide bonds. The lowest BCUT2D eigenvalue weighted by atomic mass is 10.1. The average Bonchev–Trinajstić information content (AvgIpc) is 2.48. The van der Waals surface area contributed by atoms with Crippen LogP contribution in [-0.2, 0) is 16.2 Å². The third kappa shape index (κ3) is 3.67. The monoisotopic (exact) mass is 358 g/mol. The van der Waals surface area contributed by atoms with Crippen LogP contribution in [0.2, 0.25) is 0 Å². The summed E-state index contributed by atoms with van der Waals surface area (Å²) in [5.41, 5.74) is 4.56. The van der Waals surface area contributed by atoms with Gasteiger partial charge in [0.1, 0.15) is 0 Å². The third-order valence-electron chi connectivity index (χ3n) is 3.32.